The Kier molecular flexibility index (Phi) is 71.3. The molecule has 530 valence electrons. The van der Waals surface area contributed by atoms with Gasteiger partial charge in [-0.3, -0.25) is 19.2 Å². The molecule has 1 fully saturated rings. The van der Waals surface area contributed by atoms with Gasteiger partial charge in [0.15, 0.2) is 6.29 Å². The number of aliphatic hydroxyl groups is 2. The Morgan fingerprint density at radius 2 is 0.663 bits per heavy atom. The molecule has 13 heteroatoms. The Morgan fingerprint density at radius 1 is 0.360 bits per heavy atom. The molecule has 1 aliphatic rings. The van der Waals surface area contributed by atoms with Crippen molar-refractivity contribution < 1.29 is 57.8 Å². The van der Waals surface area contributed by atoms with Crippen molar-refractivity contribution in [2.45, 2.75) is 381 Å². The third-order valence-corrected chi connectivity index (χ3v) is 17.6. The zero-order valence-electron chi connectivity index (χ0n) is 60.0. The first-order valence-corrected chi connectivity index (χ1v) is 38.2. The smallest absolute Gasteiger partial charge is 0.307 e. The number of carbonyl (C=O) groups is 4. The summed E-state index contributed by atoms with van der Waals surface area (Å²) in [6.07, 6.45) is 57.0. The van der Waals surface area contributed by atoms with Crippen LogP contribution >= 0.6 is 0 Å². The highest BCUT2D eigenvalue weighted by Gasteiger charge is 2.27. The minimum atomic E-state index is -0.176. The van der Waals surface area contributed by atoms with Gasteiger partial charge in [0.05, 0.1) is 32.3 Å². The number of nitrogens with zero attached hydrogens (tertiary/aromatic N) is 1. The quantitative estimate of drug-likeness (QED) is 0.0336. The fourth-order valence-electron chi connectivity index (χ4n) is 11.6. The van der Waals surface area contributed by atoms with Gasteiger partial charge in [-0.05, 0) is 96.1 Å². The second-order valence-corrected chi connectivity index (χ2v) is 26.5. The molecular weight excluding hydrogens is 1120 g/mol. The molecule has 1 saturated heterocycles. The van der Waals surface area contributed by atoms with Crippen LogP contribution in [0.15, 0.2) is 0 Å². The fourth-order valence-corrected chi connectivity index (χ4v) is 11.6. The zero-order valence-corrected chi connectivity index (χ0v) is 60.0. The first-order chi connectivity index (χ1) is 43.4. The van der Waals surface area contributed by atoms with Crippen LogP contribution < -0.4 is 0 Å². The van der Waals surface area contributed by atoms with Gasteiger partial charge < -0.3 is 43.5 Å². The van der Waals surface area contributed by atoms with Crippen molar-refractivity contribution in [2.24, 2.45) is 17.8 Å². The summed E-state index contributed by atoms with van der Waals surface area (Å²) in [5.41, 5.74) is 0. The molecule has 2 N–H and O–H groups in total. The van der Waals surface area contributed by atoms with Crippen LogP contribution in [0.1, 0.15) is 369 Å². The predicted molar refractivity (Wildman–Crippen MR) is 371 cm³/mol. The van der Waals surface area contributed by atoms with Gasteiger partial charge in [0, 0.05) is 52.0 Å². The number of carbonyl (C=O) groups excluding carboxylic acids is 4. The van der Waals surface area contributed by atoms with E-state index in [2.05, 4.69) is 41.5 Å². The molecule has 0 spiro atoms. The lowest BCUT2D eigenvalue weighted by Crippen LogP contribution is -2.23. The Labute approximate surface area is 550 Å². The summed E-state index contributed by atoms with van der Waals surface area (Å²) in [4.78, 5) is 49.5. The number of esters is 4. The summed E-state index contributed by atoms with van der Waals surface area (Å²) < 4.78 is 33.5. The van der Waals surface area contributed by atoms with E-state index in [9.17, 15) is 19.2 Å². The minimum absolute atomic E-state index is 0.0174. The van der Waals surface area contributed by atoms with Crippen LogP contribution in [0.25, 0.3) is 0 Å². The van der Waals surface area contributed by atoms with E-state index >= 15 is 0 Å². The Morgan fingerprint density at radius 3 is 0.978 bits per heavy atom. The summed E-state index contributed by atoms with van der Waals surface area (Å²) in [6, 6.07) is 0. The third-order valence-electron chi connectivity index (χ3n) is 17.6. The summed E-state index contributed by atoms with van der Waals surface area (Å²) in [6.45, 7) is 17.6. The molecule has 1 rings (SSSR count). The van der Waals surface area contributed by atoms with Crippen molar-refractivity contribution in [1.82, 2.24) is 4.90 Å². The van der Waals surface area contributed by atoms with E-state index < -0.39 is 0 Å². The Balaban J connectivity index is 0. The second-order valence-electron chi connectivity index (χ2n) is 26.5. The maximum Gasteiger partial charge on any atom is 0.307 e. The van der Waals surface area contributed by atoms with Crippen molar-refractivity contribution in [3.8, 4) is 0 Å². The average molecular weight is 1270 g/mol. The van der Waals surface area contributed by atoms with Gasteiger partial charge in [-0.25, -0.2) is 0 Å². The summed E-state index contributed by atoms with van der Waals surface area (Å²) in [7, 11) is 3.88. The number of rotatable bonds is 64. The van der Waals surface area contributed by atoms with Crippen molar-refractivity contribution in [1.29, 1.82) is 0 Å². The van der Waals surface area contributed by atoms with Gasteiger partial charge in [-0.15, -0.1) is 0 Å². The molecule has 0 aromatic carbocycles. The summed E-state index contributed by atoms with van der Waals surface area (Å²) in [5.74, 6) is 1.95. The molecule has 0 bridgehead atoms. The van der Waals surface area contributed by atoms with Crippen molar-refractivity contribution in [2.75, 3.05) is 66.9 Å². The highest BCUT2D eigenvalue weighted by Crippen LogP contribution is 2.25. The molecule has 0 saturated carbocycles. The van der Waals surface area contributed by atoms with E-state index in [-0.39, 0.29) is 36.3 Å². The van der Waals surface area contributed by atoms with Crippen LogP contribution in [-0.2, 0) is 47.6 Å². The Hall–Kier alpha value is -2.32. The average Bonchev–Trinajstić information content (AvgIpc) is 4.06. The van der Waals surface area contributed by atoms with Crippen LogP contribution in [0.5, 0.6) is 0 Å². The molecular formula is C76H149NO12. The highest BCUT2D eigenvalue weighted by molar-refractivity contribution is 5.70. The number of hydrogen-bond acceptors (Lipinski definition) is 13. The van der Waals surface area contributed by atoms with E-state index in [1.54, 1.807) is 0 Å². The van der Waals surface area contributed by atoms with E-state index in [4.69, 9.17) is 38.6 Å². The van der Waals surface area contributed by atoms with Crippen LogP contribution in [0.2, 0.25) is 0 Å². The molecule has 1 aliphatic heterocycles. The molecule has 0 radical (unpaired) electrons. The monoisotopic (exact) mass is 1270 g/mol. The number of hydrogen-bond donors (Lipinski definition) is 2. The van der Waals surface area contributed by atoms with E-state index in [1.165, 1.54) is 154 Å². The van der Waals surface area contributed by atoms with Crippen LogP contribution in [0.3, 0.4) is 0 Å². The van der Waals surface area contributed by atoms with Gasteiger partial charge >= 0.3 is 23.9 Å². The van der Waals surface area contributed by atoms with Gasteiger partial charge in [-0.1, -0.05) is 273 Å². The minimum Gasteiger partial charge on any atom is -0.466 e. The van der Waals surface area contributed by atoms with E-state index in [0.29, 0.717) is 84.4 Å². The largest absolute Gasteiger partial charge is 0.466 e. The first kappa shape index (κ1) is 88.7. The molecule has 13 nitrogen and oxygen atoms in total. The topological polar surface area (TPSA) is 167 Å². The molecule has 1 heterocycles. The highest BCUT2D eigenvalue weighted by atomic mass is 16.7. The molecule has 89 heavy (non-hydrogen) atoms. The lowest BCUT2D eigenvalue weighted by molar-refractivity contribution is -0.160. The summed E-state index contributed by atoms with van der Waals surface area (Å²) >= 11 is 0. The van der Waals surface area contributed by atoms with Crippen LogP contribution in [0.4, 0.5) is 0 Å². The number of ether oxygens (including phenoxy) is 6. The van der Waals surface area contributed by atoms with Crippen molar-refractivity contribution >= 4 is 23.9 Å². The van der Waals surface area contributed by atoms with Crippen molar-refractivity contribution in [3.63, 3.8) is 0 Å². The molecule has 0 aromatic heterocycles. The molecule has 0 aromatic rings. The van der Waals surface area contributed by atoms with Gasteiger partial charge in [-0.2, -0.15) is 0 Å². The zero-order chi connectivity index (χ0) is 65.7. The van der Waals surface area contributed by atoms with E-state index in [1.807, 2.05) is 19.0 Å². The maximum atomic E-state index is 12.1. The molecule has 2 atom stereocenters. The normalized spacial score (nSPS) is 13.9. The molecule has 0 amide bonds. The lowest BCUT2D eigenvalue weighted by Gasteiger charge is -2.16. The predicted octanol–water partition coefficient (Wildman–Crippen LogP) is 20.3. The standard InChI is InChI=1S/C32H61NO6.2C22H44O3/c1-5-7-13-17-28(18-14-8-6-2)23-26-36-30(34)19-15-11-9-10-12-16-25-37-32-21-20-29(39-32)27-38-31(35)22-24-33(3)4;2*1-3-5-11-15-21(16-12-6-4-2)18-20-25-22(24)17-13-9-7-8-10-14-19-23/h28-29,32H,5-27H2,1-4H3;2*21,23H,3-20H2,1-2H3/t29-,32+;;/m0../s1. The van der Waals surface area contributed by atoms with E-state index in [0.717, 1.165) is 160 Å². The third kappa shape index (κ3) is 66.9. The van der Waals surface area contributed by atoms with Gasteiger partial charge in [0.1, 0.15) is 6.61 Å². The second kappa shape index (κ2) is 71.5. The summed E-state index contributed by atoms with van der Waals surface area (Å²) in [5, 5.41) is 17.4. The van der Waals surface area contributed by atoms with Crippen LogP contribution in [-0.4, -0.2) is 118 Å². The molecule has 0 unspecified atom stereocenters. The Bertz CT molecular complexity index is 1400. The number of aliphatic hydroxyl groups excluding tert-OH is 2. The first-order valence-electron chi connectivity index (χ1n) is 38.2. The molecule has 0 aliphatic carbocycles. The lowest BCUT2D eigenvalue weighted by atomic mass is 9.92. The van der Waals surface area contributed by atoms with Crippen LogP contribution in [0, 0.1) is 17.8 Å². The van der Waals surface area contributed by atoms with Gasteiger partial charge in [0.2, 0.25) is 0 Å². The number of unbranched alkanes of at least 4 members (excludes halogenated alkanes) is 27. The maximum absolute atomic E-state index is 12.1. The SMILES string of the molecule is CCCCCC(CCCCC)CCOC(=O)CCCCCCCCO.CCCCCC(CCCCC)CCOC(=O)CCCCCCCCO.CCCCCC(CCCCC)CCOC(=O)CCCCCCCCO[C@H]1CC[C@@H](COC(=O)CCN(C)C)O1. The van der Waals surface area contributed by atoms with Gasteiger partial charge in [0.25, 0.3) is 0 Å². The fraction of sp³-hybridized carbons (Fsp3) is 0.947. The van der Waals surface area contributed by atoms with Crippen molar-refractivity contribution in [3.05, 3.63) is 0 Å².